The molecule has 0 radical (unpaired) electrons. The molecule has 43 heavy (non-hydrogen) atoms. The van der Waals surface area contributed by atoms with Gasteiger partial charge in [0.15, 0.2) is 0 Å². The van der Waals surface area contributed by atoms with Gasteiger partial charge in [0.2, 0.25) is 11.8 Å². The predicted octanol–water partition coefficient (Wildman–Crippen LogP) is 7.87. The van der Waals surface area contributed by atoms with Gasteiger partial charge in [-0.05, 0) is 65.3 Å². The second kappa shape index (κ2) is 11.9. The number of rotatable bonds is 4. The van der Waals surface area contributed by atoms with Crippen molar-refractivity contribution in [3.8, 4) is 28.4 Å². The van der Waals surface area contributed by atoms with E-state index in [0.29, 0.717) is 33.3 Å². The van der Waals surface area contributed by atoms with Crippen LogP contribution in [0.2, 0.25) is 0 Å². The quantitative estimate of drug-likeness (QED) is 0.137. The number of anilines is 2. The molecule has 0 unspecified atom stereocenters. The highest BCUT2D eigenvalue weighted by molar-refractivity contribution is 6.17. The van der Waals surface area contributed by atoms with Gasteiger partial charge >= 0.3 is 0 Å². The molecule has 0 bridgehead atoms. The summed E-state index contributed by atoms with van der Waals surface area (Å²) in [7, 11) is 0. The number of carbonyl (C=O) groups is 2. The molecule has 6 rings (SSSR count). The van der Waals surface area contributed by atoms with Gasteiger partial charge in [0.05, 0.1) is 5.69 Å². The first-order valence-electron chi connectivity index (χ1n) is 13.4. The summed E-state index contributed by atoms with van der Waals surface area (Å²) < 4.78 is 0. The Morgan fingerprint density at radius 1 is 0.628 bits per heavy atom. The molecular weight excluding hydrogens is 542 g/mol. The van der Waals surface area contributed by atoms with Crippen molar-refractivity contribution in [2.24, 2.45) is 4.99 Å². The summed E-state index contributed by atoms with van der Waals surface area (Å²) in [5, 5.41) is 41.3. The molecule has 0 aliphatic heterocycles. The maximum atomic E-state index is 11.7. The van der Waals surface area contributed by atoms with Crippen molar-refractivity contribution in [2.75, 3.05) is 10.6 Å². The molecule has 8 nitrogen and oxygen atoms in total. The molecule has 0 heterocycles. The molecule has 0 aromatic heterocycles. The van der Waals surface area contributed by atoms with Crippen LogP contribution in [0.15, 0.2) is 102 Å². The second-order valence-corrected chi connectivity index (χ2v) is 9.93. The van der Waals surface area contributed by atoms with Crippen molar-refractivity contribution in [3.63, 3.8) is 0 Å². The molecule has 2 amide bonds. The van der Waals surface area contributed by atoms with Crippen molar-refractivity contribution < 1.29 is 24.9 Å². The third-order valence-electron chi connectivity index (χ3n) is 6.93. The lowest BCUT2D eigenvalue weighted by Crippen LogP contribution is -2.06. The van der Waals surface area contributed by atoms with Crippen LogP contribution in [0.4, 0.5) is 17.1 Å². The van der Waals surface area contributed by atoms with Gasteiger partial charge in [0.25, 0.3) is 0 Å². The van der Waals surface area contributed by atoms with Crippen LogP contribution in [-0.4, -0.2) is 33.9 Å². The first-order chi connectivity index (χ1) is 20.7. The molecule has 0 saturated heterocycles. The predicted molar refractivity (Wildman–Crippen MR) is 174 cm³/mol. The minimum absolute atomic E-state index is 0.00373. The summed E-state index contributed by atoms with van der Waals surface area (Å²) in [4.78, 5) is 26.8. The number of fused-ring (bicyclic) bond motifs is 3. The molecule has 0 aliphatic rings. The summed E-state index contributed by atoms with van der Waals surface area (Å²) in [6.07, 6.45) is 0. The Labute approximate surface area is 247 Å². The molecule has 0 aliphatic carbocycles. The molecule has 6 aromatic carbocycles. The zero-order valence-electron chi connectivity index (χ0n) is 23.6. The SMILES string of the molecule is C=Nc1cccc2ccc(O)c(-c3c(O)ccc4cccc(NC(C)=O)c34)c12.CC(=O)Nc1cccc2ccc(O)cc12. The van der Waals surface area contributed by atoms with Gasteiger partial charge < -0.3 is 26.0 Å². The highest BCUT2D eigenvalue weighted by Crippen LogP contribution is 2.48. The van der Waals surface area contributed by atoms with Gasteiger partial charge in [-0.1, -0.05) is 54.6 Å². The van der Waals surface area contributed by atoms with Crippen molar-refractivity contribution in [3.05, 3.63) is 97.1 Å². The van der Waals surface area contributed by atoms with Gasteiger partial charge in [-0.25, -0.2) is 0 Å². The normalized spacial score (nSPS) is 10.7. The first kappa shape index (κ1) is 28.6. The number of hydrogen-bond donors (Lipinski definition) is 5. The lowest BCUT2D eigenvalue weighted by molar-refractivity contribution is -0.115. The number of nitrogens with one attached hydrogen (secondary N) is 2. The van der Waals surface area contributed by atoms with Gasteiger partial charge in [-0.2, -0.15) is 0 Å². The number of benzene rings is 6. The highest BCUT2D eigenvalue weighted by Gasteiger charge is 2.20. The van der Waals surface area contributed by atoms with E-state index in [1.54, 1.807) is 48.5 Å². The summed E-state index contributed by atoms with van der Waals surface area (Å²) in [5.74, 6) is -0.153. The van der Waals surface area contributed by atoms with Crippen LogP contribution in [0, 0.1) is 0 Å². The lowest BCUT2D eigenvalue weighted by Gasteiger charge is -2.17. The first-order valence-corrected chi connectivity index (χ1v) is 13.4. The number of amides is 2. The maximum absolute atomic E-state index is 11.7. The van der Waals surface area contributed by atoms with Gasteiger partial charge in [-0.3, -0.25) is 14.6 Å². The van der Waals surface area contributed by atoms with E-state index in [1.807, 2.05) is 48.5 Å². The second-order valence-electron chi connectivity index (χ2n) is 9.93. The van der Waals surface area contributed by atoms with Crippen LogP contribution >= 0.6 is 0 Å². The standard InChI is InChI=1S/C23H18N2O3.C12H11NO2/c1-13(26)25-17-8-4-6-15-10-12-19(28)23(21(15)17)22-18(27)11-9-14-5-3-7-16(24-2)20(14)22;1-8(14)13-12-4-2-3-9-5-6-10(15)7-11(9)12/h3-12,27-28H,2H2,1H3,(H,25,26);2-7,15H,1H3,(H,13,14). The average molecular weight is 572 g/mol. The Morgan fingerprint density at radius 3 is 1.77 bits per heavy atom. The molecule has 0 spiro atoms. The molecule has 214 valence electrons. The Bertz CT molecular complexity index is 2050. The smallest absolute Gasteiger partial charge is 0.221 e. The van der Waals surface area contributed by atoms with Gasteiger partial charge in [0, 0.05) is 52.5 Å². The van der Waals surface area contributed by atoms with E-state index in [0.717, 1.165) is 27.2 Å². The number of aliphatic imine (C=N–C) groups is 1. The van der Waals surface area contributed by atoms with Crippen LogP contribution < -0.4 is 10.6 Å². The van der Waals surface area contributed by atoms with E-state index in [2.05, 4.69) is 22.3 Å². The van der Waals surface area contributed by atoms with Crippen LogP contribution in [0.5, 0.6) is 17.2 Å². The zero-order valence-corrected chi connectivity index (χ0v) is 23.6. The van der Waals surface area contributed by atoms with E-state index in [4.69, 9.17) is 0 Å². The number of carbonyl (C=O) groups excluding carboxylic acids is 2. The van der Waals surface area contributed by atoms with Crippen molar-refractivity contribution in [2.45, 2.75) is 13.8 Å². The van der Waals surface area contributed by atoms with E-state index < -0.39 is 0 Å². The number of aromatic hydroxyl groups is 3. The molecule has 0 fully saturated rings. The Morgan fingerprint density at radius 2 is 1.14 bits per heavy atom. The van der Waals surface area contributed by atoms with Crippen LogP contribution in [-0.2, 0) is 9.59 Å². The number of phenolic OH excluding ortho intramolecular Hbond substituents is 3. The Balaban J connectivity index is 0.000000207. The molecule has 0 atom stereocenters. The van der Waals surface area contributed by atoms with E-state index in [-0.39, 0.29) is 29.1 Å². The molecular formula is C35H29N3O5. The Kier molecular flexibility index (Phi) is 7.94. The van der Waals surface area contributed by atoms with Crippen LogP contribution in [0.25, 0.3) is 43.4 Å². The number of hydrogen-bond acceptors (Lipinski definition) is 6. The molecule has 0 saturated carbocycles. The largest absolute Gasteiger partial charge is 0.508 e. The minimum Gasteiger partial charge on any atom is -0.508 e. The fourth-order valence-electron chi connectivity index (χ4n) is 5.21. The lowest BCUT2D eigenvalue weighted by atomic mass is 9.90. The van der Waals surface area contributed by atoms with Crippen molar-refractivity contribution in [1.82, 2.24) is 0 Å². The summed E-state index contributed by atoms with van der Waals surface area (Å²) in [6, 6.07) is 28.5. The van der Waals surface area contributed by atoms with Crippen molar-refractivity contribution >= 4 is 67.9 Å². The molecule has 5 N–H and O–H groups in total. The molecule has 8 heteroatoms. The molecule has 6 aromatic rings. The van der Waals surface area contributed by atoms with Crippen LogP contribution in [0.3, 0.4) is 0 Å². The average Bonchev–Trinajstić information content (AvgIpc) is 2.98. The third kappa shape index (κ3) is 5.80. The monoisotopic (exact) mass is 571 g/mol. The van der Waals surface area contributed by atoms with Gasteiger partial charge in [0.1, 0.15) is 17.2 Å². The van der Waals surface area contributed by atoms with Crippen molar-refractivity contribution in [1.29, 1.82) is 0 Å². The van der Waals surface area contributed by atoms with E-state index in [1.165, 1.54) is 13.8 Å². The third-order valence-corrected chi connectivity index (χ3v) is 6.93. The number of phenols is 3. The number of nitrogens with zero attached hydrogens (tertiary/aromatic N) is 1. The zero-order chi connectivity index (χ0) is 30.7. The maximum Gasteiger partial charge on any atom is 0.221 e. The summed E-state index contributed by atoms with van der Waals surface area (Å²) in [6.45, 7) is 6.52. The summed E-state index contributed by atoms with van der Waals surface area (Å²) >= 11 is 0. The minimum atomic E-state index is -0.225. The van der Waals surface area contributed by atoms with E-state index >= 15 is 0 Å². The van der Waals surface area contributed by atoms with Crippen LogP contribution in [0.1, 0.15) is 13.8 Å². The highest BCUT2D eigenvalue weighted by atomic mass is 16.3. The fraction of sp³-hybridized carbons (Fsp3) is 0.0571. The summed E-state index contributed by atoms with van der Waals surface area (Å²) in [5.41, 5.74) is 2.74. The fourth-order valence-corrected chi connectivity index (χ4v) is 5.21. The Hall–Kier alpha value is -5.89. The van der Waals surface area contributed by atoms with E-state index in [9.17, 15) is 24.9 Å². The topological polar surface area (TPSA) is 131 Å². The van der Waals surface area contributed by atoms with Gasteiger partial charge in [-0.15, -0.1) is 0 Å².